The number of hydrogen-bond acceptors (Lipinski definition) is 2. The molecule has 0 N–H and O–H groups in total. The van der Waals surface area contributed by atoms with Crippen molar-refractivity contribution < 1.29 is 43.5 Å². The molecule has 0 saturated heterocycles. The van der Waals surface area contributed by atoms with Gasteiger partial charge in [-0.2, -0.15) is 26.3 Å². The molecule has 0 aliphatic carbocycles. The molecule has 0 amide bonds. The van der Waals surface area contributed by atoms with E-state index in [-0.39, 0.29) is 18.5 Å². The van der Waals surface area contributed by atoms with Crippen LogP contribution in [-0.2, 0) is 12.4 Å². The van der Waals surface area contributed by atoms with Crippen LogP contribution in [-0.4, -0.2) is 15.0 Å². The van der Waals surface area contributed by atoms with Crippen molar-refractivity contribution in [3.63, 3.8) is 0 Å². The van der Waals surface area contributed by atoms with Crippen LogP contribution in [0.4, 0.5) is 26.3 Å². The average Bonchev–Trinajstić information content (AvgIpc) is 3.36. The summed E-state index contributed by atoms with van der Waals surface area (Å²) in [5, 5.41) is 9.39. The van der Waals surface area contributed by atoms with Gasteiger partial charge in [0.15, 0.2) is 5.69 Å². The van der Waals surface area contributed by atoms with Crippen LogP contribution in [0.25, 0.3) is 22.8 Å². The first kappa shape index (κ1) is 28.4. The molecule has 0 unspecified atom stereocenters. The number of aromatic nitrogens is 4. The number of rotatable bonds is 3. The summed E-state index contributed by atoms with van der Waals surface area (Å²) >= 11 is 0. The van der Waals surface area contributed by atoms with E-state index in [2.05, 4.69) is 0 Å². The van der Waals surface area contributed by atoms with E-state index < -0.39 is 23.5 Å². The standard InChI is InChI=1S/C19H15N4.C8H4F6.ClH/c1-4-10-16(11-5-1)19-20-22(17-12-6-2-7-13-17)23(21-19)18-14-8-3-9-15-18;9-7(10,11)5-2-1-3-6(4-5)8(12,13)14;/h1-15H;1-4H;1H/q+1;;/p-1. The monoisotopic (exact) mass is 548 g/mol. The zero-order valence-corrected chi connectivity index (χ0v) is 20.2. The fourth-order valence-electron chi connectivity index (χ4n) is 3.32. The van der Waals surface area contributed by atoms with Gasteiger partial charge in [0.05, 0.1) is 21.8 Å². The minimum Gasteiger partial charge on any atom is -1.00 e. The van der Waals surface area contributed by atoms with Gasteiger partial charge in [0.2, 0.25) is 0 Å². The molecule has 4 aromatic carbocycles. The second-order valence-electron chi connectivity index (χ2n) is 7.72. The van der Waals surface area contributed by atoms with Gasteiger partial charge in [-0.1, -0.05) is 60.7 Å². The summed E-state index contributed by atoms with van der Waals surface area (Å²) in [5.41, 5.74) is 0.323. The Labute approximate surface area is 220 Å². The minimum atomic E-state index is -4.75. The van der Waals surface area contributed by atoms with Crippen molar-refractivity contribution in [3.8, 4) is 22.8 Å². The van der Waals surface area contributed by atoms with Crippen molar-refractivity contribution in [2.75, 3.05) is 0 Å². The lowest BCUT2D eigenvalue weighted by Gasteiger charge is -2.10. The average molecular weight is 549 g/mol. The molecular weight excluding hydrogens is 530 g/mol. The van der Waals surface area contributed by atoms with Gasteiger partial charge >= 0.3 is 18.2 Å². The van der Waals surface area contributed by atoms with Crippen LogP contribution in [0.15, 0.2) is 115 Å². The Bertz CT molecular complexity index is 1350. The Kier molecular flexibility index (Phi) is 8.90. The van der Waals surface area contributed by atoms with Crippen molar-refractivity contribution in [2.24, 2.45) is 0 Å². The van der Waals surface area contributed by atoms with Gasteiger partial charge in [0.25, 0.3) is 0 Å². The lowest BCUT2D eigenvalue weighted by atomic mass is 10.1. The number of tetrazole rings is 1. The number of nitrogens with zero attached hydrogens (tertiary/aromatic N) is 4. The van der Waals surface area contributed by atoms with Crippen molar-refractivity contribution in [2.45, 2.75) is 12.4 Å². The van der Waals surface area contributed by atoms with Crippen LogP contribution in [0.5, 0.6) is 0 Å². The molecule has 0 aliphatic rings. The maximum Gasteiger partial charge on any atom is 0.416 e. The van der Waals surface area contributed by atoms with Gasteiger partial charge in [-0.3, -0.25) is 0 Å². The molecular formula is C27H19ClF6N4. The molecule has 5 aromatic rings. The van der Waals surface area contributed by atoms with Crippen molar-refractivity contribution in [3.05, 3.63) is 126 Å². The highest BCUT2D eigenvalue weighted by Crippen LogP contribution is 2.34. The zero-order valence-electron chi connectivity index (χ0n) is 19.4. The topological polar surface area (TPSA) is 34.6 Å². The molecule has 38 heavy (non-hydrogen) atoms. The van der Waals surface area contributed by atoms with Gasteiger partial charge in [0, 0.05) is 4.80 Å². The molecule has 5 rings (SSSR count). The maximum atomic E-state index is 12.0. The van der Waals surface area contributed by atoms with E-state index in [1.165, 1.54) is 0 Å². The molecule has 0 saturated carbocycles. The summed E-state index contributed by atoms with van der Waals surface area (Å²) in [7, 11) is 0. The highest BCUT2D eigenvalue weighted by atomic mass is 35.5. The van der Waals surface area contributed by atoms with Gasteiger partial charge in [-0.25, -0.2) is 0 Å². The number of benzene rings is 4. The third-order valence-corrected chi connectivity index (χ3v) is 5.08. The summed E-state index contributed by atoms with van der Waals surface area (Å²) in [4.78, 5) is 3.63. The van der Waals surface area contributed by atoms with E-state index in [4.69, 9.17) is 10.2 Å². The molecule has 0 aliphatic heterocycles. The summed E-state index contributed by atoms with van der Waals surface area (Å²) < 4.78 is 71.9. The molecule has 0 radical (unpaired) electrons. The molecule has 11 heteroatoms. The summed E-state index contributed by atoms with van der Waals surface area (Å²) in [6.07, 6.45) is -9.50. The second kappa shape index (κ2) is 11.9. The quantitative estimate of drug-likeness (QED) is 0.253. The first-order valence-corrected chi connectivity index (χ1v) is 10.9. The molecule has 0 spiro atoms. The lowest BCUT2D eigenvalue weighted by molar-refractivity contribution is -0.734. The van der Waals surface area contributed by atoms with Crippen LogP contribution in [0.1, 0.15) is 11.1 Å². The molecule has 1 aromatic heterocycles. The highest BCUT2D eigenvalue weighted by molar-refractivity contribution is 5.53. The first-order chi connectivity index (χ1) is 17.6. The van der Waals surface area contributed by atoms with Crippen molar-refractivity contribution >= 4 is 0 Å². The van der Waals surface area contributed by atoms with Crippen LogP contribution in [0.2, 0.25) is 0 Å². The number of para-hydroxylation sites is 2. The fraction of sp³-hybridized carbons (Fsp3) is 0.0741. The van der Waals surface area contributed by atoms with E-state index in [9.17, 15) is 26.3 Å². The molecule has 4 nitrogen and oxygen atoms in total. The number of hydrogen-bond donors (Lipinski definition) is 0. The van der Waals surface area contributed by atoms with E-state index in [1.54, 1.807) is 0 Å². The molecule has 0 bridgehead atoms. The van der Waals surface area contributed by atoms with E-state index in [0.29, 0.717) is 18.0 Å². The Hall–Kier alpha value is -4.18. The van der Waals surface area contributed by atoms with Gasteiger partial charge in [0.1, 0.15) is 5.69 Å². The minimum absolute atomic E-state index is 0. The van der Waals surface area contributed by atoms with Crippen LogP contribution >= 0.6 is 0 Å². The van der Waals surface area contributed by atoms with Gasteiger partial charge < -0.3 is 12.4 Å². The van der Waals surface area contributed by atoms with Gasteiger partial charge in [-0.05, 0) is 64.5 Å². The zero-order chi connectivity index (χ0) is 26.5. The van der Waals surface area contributed by atoms with E-state index in [1.807, 2.05) is 101 Å². The Morgan fingerprint density at radius 3 is 1.55 bits per heavy atom. The normalized spacial score (nSPS) is 11.2. The fourth-order valence-corrected chi connectivity index (χ4v) is 3.32. The van der Waals surface area contributed by atoms with Crippen LogP contribution in [0.3, 0.4) is 0 Å². The Balaban J connectivity index is 0.000000232. The third kappa shape index (κ3) is 6.98. The van der Waals surface area contributed by atoms with Crippen molar-refractivity contribution in [1.82, 2.24) is 15.0 Å². The molecule has 1 heterocycles. The summed E-state index contributed by atoms with van der Waals surface area (Å²) in [6.45, 7) is 0. The second-order valence-corrected chi connectivity index (χ2v) is 7.72. The lowest BCUT2D eigenvalue weighted by Crippen LogP contribution is -3.00. The molecule has 196 valence electrons. The predicted molar refractivity (Wildman–Crippen MR) is 125 cm³/mol. The smallest absolute Gasteiger partial charge is 0.416 e. The first-order valence-electron chi connectivity index (χ1n) is 10.9. The Morgan fingerprint density at radius 2 is 1.05 bits per heavy atom. The van der Waals surface area contributed by atoms with E-state index >= 15 is 0 Å². The molecule has 0 fully saturated rings. The van der Waals surface area contributed by atoms with Crippen LogP contribution < -0.4 is 17.2 Å². The number of alkyl halides is 6. The maximum absolute atomic E-state index is 12.0. The van der Waals surface area contributed by atoms with E-state index in [0.717, 1.165) is 23.0 Å². The largest absolute Gasteiger partial charge is 1.00 e. The Morgan fingerprint density at radius 1 is 0.579 bits per heavy atom. The van der Waals surface area contributed by atoms with Gasteiger partial charge in [-0.15, -0.1) is 0 Å². The van der Waals surface area contributed by atoms with Crippen molar-refractivity contribution in [1.29, 1.82) is 0 Å². The highest BCUT2D eigenvalue weighted by Gasteiger charge is 2.35. The number of halogens is 7. The summed E-state index contributed by atoms with van der Waals surface area (Å²) in [6, 6.07) is 32.0. The molecule has 0 atom stereocenters. The van der Waals surface area contributed by atoms with Crippen LogP contribution in [0, 0.1) is 0 Å². The predicted octanol–water partition coefficient (Wildman–Crippen LogP) is 3.94. The SMILES string of the molecule is FC(F)(F)c1cccc(C(F)(F)F)c1.[Cl-].c1ccc(-c2nn(-c3ccccc3)[n+](-c3ccccc3)n2)cc1. The third-order valence-electron chi connectivity index (χ3n) is 5.08. The summed E-state index contributed by atoms with van der Waals surface area (Å²) in [5.74, 6) is 0.693.